The maximum atomic E-state index is 17.9. The van der Waals surface area contributed by atoms with Gasteiger partial charge < -0.3 is 9.80 Å². The molecule has 0 amide bonds. The van der Waals surface area contributed by atoms with E-state index < -0.39 is 11.5 Å². The van der Waals surface area contributed by atoms with Gasteiger partial charge in [0, 0.05) is 40.1 Å². The minimum absolute atomic E-state index is 0.00356. The first-order valence-corrected chi connectivity index (χ1v) is 17.6. The van der Waals surface area contributed by atoms with Gasteiger partial charge in [0.25, 0.3) is 6.71 Å². The molecule has 3 aromatic rings. The Balaban J connectivity index is 1.45. The Morgan fingerprint density at radius 2 is 1.20 bits per heavy atom. The number of nitrogens with zero attached hydrogens (tertiary/aromatic N) is 2. The van der Waals surface area contributed by atoms with E-state index in [1.807, 2.05) is 11.0 Å². The highest BCUT2D eigenvalue weighted by molar-refractivity contribution is 7.00. The third kappa shape index (κ3) is 3.08. The SMILES string of the molecule is CC(C)(C)c1cc2c3c(c1)C1(C)CCCCC1(C)N3c1cccc3c1B2c1cc(C(C)(C)C)cc2c1N3C1(F)CCCCC21F. The largest absolute Gasteiger partial charge is 0.335 e. The highest BCUT2D eigenvalue weighted by atomic mass is 19.2. The Kier molecular flexibility index (Phi) is 5.16. The summed E-state index contributed by atoms with van der Waals surface area (Å²) in [6.07, 6.45) is 6.60. The van der Waals surface area contributed by atoms with Gasteiger partial charge in [0.2, 0.25) is 5.79 Å². The summed E-state index contributed by atoms with van der Waals surface area (Å²) in [5, 5.41) is 0. The predicted octanol–water partition coefficient (Wildman–Crippen LogP) is 8.72. The highest BCUT2D eigenvalue weighted by Gasteiger charge is 2.69. The molecular weight excluding hydrogens is 557 g/mol. The first-order valence-electron chi connectivity index (χ1n) is 17.6. The number of alkyl halides is 2. The van der Waals surface area contributed by atoms with E-state index in [0.717, 1.165) is 28.8 Å². The molecule has 0 aromatic heterocycles. The molecule has 0 radical (unpaired) electrons. The molecule has 4 heterocycles. The Bertz CT molecular complexity index is 1710. The molecule has 2 fully saturated rings. The molecule has 5 heteroatoms. The average Bonchev–Trinajstić information content (AvgIpc) is 3.32. The molecule has 3 aromatic carbocycles. The zero-order chi connectivity index (χ0) is 31.7. The number of halogens is 2. The van der Waals surface area contributed by atoms with Gasteiger partial charge in [-0.1, -0.05) is 85.6 Å². The lowest BCUT2D eigenvalue weighted by Gasteiger charge is -2.53. The summed E-state index contributed by atoms with van der Waals surface area (Å²) in [4.78, 5) is 4.54. The van der Waals surface area contributed by atoms with Crippen molar-refractivity contribution >= 4 is 45.9 Å². The quantitative estimate of drug-likeness (QED) is 0.187. The van der Waals surface area contributed by atoms with E-state index in [9.17, 15) is 0 Å². The maximum absolute atomic E-state index is 17.9. The molecule has 4 unspecified atom stereocenters. The summed E-state index contributed by atoms with van der Waals surface area (Å²) in [5.41, 5.74) is 10.0. The second kappa shape index (κ2) is 8.18. The Hall–Kier alpha value is -2.82. The van der Waals surface area contributed by atoms with E-state index in [1.54, 1.807) is 0 Å². The molecule has 6 aliphatic rings. The van der Waals surface area contributed by atoms with Crippen LogP contribution in [-0.2, 0) is 21.9 Å². The minimum Gasteiger partial charge on any atom is -0.335 e. The summed E-state index contributed by atoms with van der Waals surface area (Å²) in [6, 6.07) is 15.9. The predicted molar refractivity (Wildman–Crippen MR) is 185 cm³/mol. The van der Waals surface area contributed by atoms with Crippen LogP contribution >= 0.6 is 0 Å². The van der Waals surface area contributed by atoms with Crippen LogP contribution in [0.5, 0.6) is 0 Å². The topological polar surface area (TPSA) is 6.48 Å². The van der Waals surface area contributed by atoms with Gasteiger partial charge in [-0.05, 0) is 101 Å². The molecule has 2 aliphatic carbocycles. The highest BCUT2D eigenvalue weighted by Crippen LogP contribution is 2.66. The maximum Gasteiger partial charge on any atom is 0.252 e. The number of rotatable bonds is 0. The van der Waals surface area contributed by atoms with Crippen LogP contribution < -0.4 is 26.2 Å². The first kappa shape index (κ1) is 28.4. The lowest BCUT2D eigenvalue weighted by atomic mass is 9.33. The third-order valence-corrected chi connectivity index (χ3v) is 13.4. The molecular formula is C40H47BF2N2. The van der Waals surface area contributed by atoms with Crippen LogP contribution in [0.4, 0.5) is 31.5 Å². The van der Waals surface area contributed by atoms with Gasteiger partial charge >= 0.3 is 0 Å². The molecule has 2 saturated carbocycles. The number of hydrogen-bond acceptors (Lipinski definition) is 2. The second-order valence-corrected chi connectivity index (χ2v) is 17.8. The van der Waals surface area contributed by atoms with Gasteiger partial charge in [0.15, 0.2) is 5.67 Å². The average molecular weight is 605 g/mol. The monoisotopic (exact) mass is 604 g/mol. The summed E-state index contributed by atoms with van der Waals surface area (Å²) in [6.45, 7) is 18.5. The third-order valence-electron chi connectivity index (χ3n) is 13.4. The first-order chi connectivity index (χ1) is 21.1. The van der Waals surface area contributed by atoms with Crippen LogP contribution in [0.2, 0.25) is 0 Å². The number of fused-ring (bicyclic) bond motifs is 10. The van der Waals surface area contributed by atoms with Crippen LogP contribution in [0.15, 0.2) is 42.5 Å². The molecule has 4 atom stereocenters. The molecule has 0 N–H and O–H groups in total. The molecule has 234 valence electrons. The summed E-state index contributed by atoms with van der Waals surface area (Å²) in [5.74, 6) is -2.09. The second-order valence-electron chi connectivity index (χ2n) is 17.8. The van der Waals surface area contributed by atoms with Crippen LogP contribution in [-0.4, -0.2) is 18.0 Å². The number of anilines is 4. The molecule has 2 nitrogen and oxygen atoms in total. The van der Waals surface area contributed by atoms with Crippen molar-refractivity contribution in [3.05, 3.63) is 64.7 Å². The lowest BCUT2D eigenvalue weighted by Crippen LogP contribution is -2.66. The zero-order valence-corrected chi connectivity index (χ0v) is 28.4. The van der Waals surface area contributed by atoms with Crippen LogP contribution in [0, 0.1) is 0 Å². The fraction of sp³-hybridized carbons (Fsp3) is 0.550. The van der Waals surface area contributed by atoms with Crippen LogP contribution in [0.1, 0.15) is 129 Å². The molecule has 4 aliphatic heterocycles. The van der Waals surface area contributed by atoms with Gasteiger partial charge in [-0.3, -0.25) is 0 Å². The van der Waals surface area contributed by atoms with Crippen molar-refractivity contribution in [3.63, 3.8) is 0 Å². The minimum atomic E-state index is -2.09. The van der Waals surface area contributed by atoms with E-state index >= 15 is 8.78 Å². The standard InChI is InChI=1S/C40H47BF2N2/c1-35(2,3)24-20-26-33-28(22-24)41-29-23-25(36(4,5)6)21-27-34(29)45(40(43)19-12-11-18-39(27,40)42)31-15-13-14-30(32(31)41)44(33)38(8)17-10-9-16-37(26,38)7/h13-15,20-23H,9-12,16-19H2,1-8H3. The van der Waals surface area contributed by atoms with E-state index in [1.165, 1.54) is 52.7 Å². The molecule has 45 heavy (non-hydrogen) atoms. The van der Waals surface area contributed by atoms with Gasteiger partial charge in [0.05, 0.1) is 5.54 Å². The van der Waals surface area contributed by atoms with Crippen LogP contribution in [0.25, 0.3) is 0 Å². The summed E-state index contributed by atoms with van der Waals surface area (Å²) >= 11 is 0. The zero-order valence-electron chi connectivity index (χ0n) is 28.4. The Morgan fingerprint density at radius 3 is 1.84 bits per heavy atom. The van der Waals surface area contributed by atoms with Crippen LogP contribution in [0.3, 0.4) is 0 Å². The Morgan fingerprint density at radius 1 is 0.667 bits per heavy atom. The smallest absolute Gasteiger partial charge is 0.252 e. The molecule has 9 rings (SSSR count). The fourth-order valence-corrected chi connectivity index (χ4v) is 10.7. The Labute approximate surface area is 268 Å². The molecule has 0 saturated heterocycles. The normalized spacial score (nSPS) is 32.2. The van der Waals surface area contributed by atoms with Gasteiger partial charge in [-0.25, -0.2) is 8.78 Å². The van der Waals surface area contributed by atoms with E-state index in [-0.39, 0.29) is 41.3 Å². The van der Waals surface area contributed by atoms with Gasteiger partial charge in [-0.2, -0.15) is 0 Å². The van der Waals surface area contributed by atoms with Gasteiger partial charge in [-0.15, -0.1) is 0 Å². The summed E-state index contributed by atoms with van der Waals surface area (Å²) in [7, 11) is 0. The molecule has 0 spiro atoms. The van der Waals surface area contributed by atoms with Crippen molar-refractivity contribution in [3.8, 4) is 0 Å². The van der Waals surface area contributed by atoms with Crippen molar-refractivity contribution in [2.24, 2.45) is 0 Å². The van der Waals surface area contributed by atoms with E-state index in [4.69, 9.17) is 0 Å². The number of benzene rings is 3. The van der Waals surface area contributed by atoms with Crippen molar-refractivity contribution in [1.82, 2.24) is 0 Å². The van der Waals surface area contributed by atoms with E-state index in [2.05, 4.69) is 96.7 Å². The lowest BCUT2D eigenvalue weighted by molar-refractivity contribution is -0.0615. The van der Waals surface area contributed by atoms with Crippen molar-refractivity contribution in [1.29, 1.82) is 0 Å². The van der Waals surface area contributed by atoms with E-state index in [0.29, 0.717) is 18.4 Å². The van der Waals surface area contributed by atoms with Crippen molar-refractivity contribution in [2.75, 3.05) is 9.80 Å². The fourth-order valence-electron chi connectivity index (χ4n) is 10.7. The number of hydrogen-bond donors (Lipinski definition) is 0. The van der Waals surface area contributed by atoms with Gasteiger partial charge in [0.1, 0.15) is 0 Å². The molecule has 0 bridgehead atoms. The summed E-state index contributed by atoms with van der Waals surface area (Å²) < 4.78 is 35.7. The van der Waals surface area contributed by atoms with Crippen molar-refractivity contribution < 1.29 is 8.78 Å². The van der Waals surface area contributed by atoms with Crippen molar-refractivity contribution in [2.45, 2.75) is 140 Å².